The highest BCUT2D eigenvalue weighted by molar-refractivity contribution is 5.85. The van der Waals surface area contributed by atoms with Crippen molar-refractivity contribution in [3.8, 4) is 5.75 Å². The van der Waals surface area contributed by atoms with Crippen LogP contribution in [0.4, 0.5) is 0 Å². The van der Waals surface area contributed by atoms with Gasteiger partial charge in [-0.2, -0.15) is 0 Å². The molecule has 1 fully saturated rings. The first kappa shape index (κ1) is 16.8. The Balaban J connectivity index is 0.00000200. The van der Waals surface area contributed by atoms with Crippen LogP contribution in [0.5, 0.6) is 5.75 Å². The second-order valence-electron chi connectivity index (χ2n) is 5.38. The number of carbonyl (C=O) groups is 1. The van der Waals surface area contributed by atoms with Crippen LogP contribution in [0.25, 0.3) is 0 Å². The Kier molecular flexibility index (Phi) is 6.30. The third-order valence-electron chi connectivity index (χ3n) is 3.20. The normalized spacial score (nSPS) is 18.0. The average Bonchev–Trinajstić information content (AvgIpc) is 2.75. The zero-order chi connectivity index (χ0) is 13.8. The van der Waals surface area contributed by atoms with Crippen LogP contribution >= 0.6 is 12.4 Å². The van der Waals surface area contributed by atoms with Crippen molar-refractivity contribution in [2.75, 3.05) is 13.1 Å². The average molecular weight is 299 g/mol. The van der Waals surface area contributed by atoms with Crippen molar-refractivity contribution in [2.45, 2.75) is 38.8 Å². The minimum absolute atomic E-state index is 0. The fourth-order valence-corrected chi connectivity index (χ4v) is 2.30. The topological polar surface area (TPSA) is 55.6 Å². The van der Waals surface area contributed by atoms with Crippen molar-refractivity contribution in [1.29, 1.82) is 0 Å². The van der Waals surface area contributed by atoms with Gasteiger partial charge in [0.15, 0.2) is 0 Å². The monoisotopic (exact) mass is 298 g/mol. The standard InChI is InChI=1S/C15H22N2O2.ClH/c1-11(2)19-14-5-3-4-12(8-14)9-15(18)17-7-6-13(16)10-17;/h3-5,8,11,13H,6-7,9-10,16H2,1-2H3;1H/t13-;/m1./s1. The summed E-state index contributed by atoms with van der Waals surface area (Å²) in [5, 5.41) is 0. The summed E-state index contributed by atoms with van der Waals surface area (Å²) in [6.07, 6.45) is 1.46. The summed E-state index contributed by atoms with van der Waals surface area (Å²) in [6, 6.07) is 7.88. The molecule has 1 aromatic rings. The maximum absolute atomic E-state index is 12.1. The highest BCUT2D eigenvalue weighted by Crippen LogP contribution is 2.17. The molecule has 0 saturated carbocycles. The van der Waals surface area contributed by atoms with E-state index in [2.05, 4.69) is 0 Å². The van der Waals surface area contributed by atoms with E-state index in [1.54, 1.807) is 0 Å². The van der Waals surface area contributed by atoms with E-state index in [9.17, 15) is 4.79 Å². The molecule has 1 aliphatic heterocycles. The molecule has 1 heterocycles. The largest absolute Gasteiger partial charge is 0.491 e. The third kappa shape index (κ3) is 4.69. The van der Waals surface area contributed by atoms with E-state index < -0.39 is 0 Å². The van der Waals surface area contributed by atoms with Crippen molar-refractivity contribution in [3.05, 3.63) is 29.8 Å². The summed E-state index contributed by atoms with van der Waals surface area (Å²) in [7, 11) is 0. The third-order valence-corrected chi connectivity index (χ3v) is 3.20. The first-order chi connectivity index (χ1) is 9.04. The number of likely N-dealkylation sites (tertiary alicyclic amines) is 1. The molecule has 0 radical (unpaired) electrons. The highest BCUT2D eigenvalue weighted by atomic mass is 35.5. The molecule has 1 amide bonds. The van der Waals surface area contributed by atoms with E-state index in [4.69, 9.17) is 10.5 Å². The summed E-state index contributed by atoms with van der Waals surface area (Å²) < 4.78 is 5.63. The summed E-state index contributed by atoms with van der Waals surface area (Å²) in [5.41, 5.74) is 6.81. The molecule has 112 valence electrons. The molecule has 0 aromatic heterocycles. The molecule has 5 heteroatoms. The summed E-state index contributed by atoms with van der Waals surface area (Å²) in [6.45, 7) is 5.44. The molecule has 20 heavy (non-hydrogen) atoms. The van der Waals surface area contributed by atoms with Gasteiger partial charge in [-0.25, -0.2) is 0 Å². The number of rotatable bonds is 4. The van der Waals surface area contributed by atoms with Crippen molar-refractivity contribution < 1.29 is 9.53 Å². The van der Waals surface area contributed by atoms with Gasteiger partial charge in [0.1, 0.15) is 5.75 Å². The number of hydrogen-bond acceptors (Lipinski definition) is 3. The SMILES string of the molecule is CC(C)Oc1cccc(CC(=O)N2CC[C@@H](N)C2)c1.Cl. The van der Waals surface area contributed by atoms with Crippen molar-refractivity contribution in [3.63, 3.8) is 0 Å². The fourth-order valence-electron chi connectivity index (χ4n) is 2.30. The van der Waals surface area contributed by atoms with Gasteiger partial charge >= 0.3 is 0 Å². The Morgan fingerprint density at radius 3 is 2.85 bits per heavy atom. The fraction of sp³-hybridized carbons (Fsp3) is 0.533. The molecular weight excluding hydrogens is 276 g/mol. The second-order valence-corrected chi connectivity index (χ2v) is 5.38. The second kappa shape index (κ2) is 7.50. The quantitative estimate of drug-likeness (QED) is 0.925. The van der Waals surface area contributed by atoms with Crippen molar-refractivity contribution in [1.82, 2.24) is 4.90 Å². The predicted octanol–water partition coefficient (Wildman–Crippen LogP) is 2.00. The lowest BCUT2D eigenvalue weighted by Crippen LogP contribution is -2.32. The maximum atomic E-state index is 12.1. The van der Waals surface area contributed by atoms with Crippen LogP contribution in [0.15, 0.2) is 24.3 Å². The van der Waals surface area contributed by atoms with Gasteiger partial charge < -0.3 is 15.4 Å². The van der Waals surface area contributed by atoms with Crippen LogP contribution in [0.1, 0.15) is 25.8 Å². The van der Waals surface area contributed by atoms with Gasteiger partial charge in [-0.05, 0) is 38.0 Å². The number of halogens is 1. The van der Waals surface area contributed by atoms with E-state index in [1.807, 2.05) is 43.0 Å². The molecule has 1 atom stereocenters. The molecule has 0 bridgehead atoms. The molecular formula is C15H23ClN2O2. The number of hydrogen-bond donors (Lipinski definition) is 1. The van der Waals surface area contributed by atoms with Crippen LogP contribution in [0.3, 0.4) is 0 Å². The minimum Gasteiger partial charge on any atom is -0.491 e. The number of benzene rings is 1. The van der Waals surface area contributed by atoms with Gasteiger partial charge in [0, 0.05) is 19.1 Å². The lowest BCUT2D eigenvalue weighted by molar-refractivity contribution is -0.129. The van der Waals surface area contributed by atoms with Crippen LogP contribution < -0.4 is 10.5 Å². The van der Waals surface area contributed by atoms with E-state index in [-0.39, 0.29) is 30.5 Å². The molecule has 1 aliphatic rings. The molecule has 0 aliphatic carbocycles. The van der Waals surface area contributed by atoms with E-state index in [1.165, 1.54) is 0 Å². The molecule has 4 nitrogen and oxygen atoms in total. The van der Waals surface area contributed by atoms with E-state index in [0.29, 0.717) is 13.0 Å². The van der Waals surface area contributed by atoms with Crippen LogP contribution in [0.2, 0.25) is 0 Å². The van der Waals surface area contributed by atoms with Gasteiger partial charge in [0.05, 0.1) is 12.5 Å². The van der Waals surface area contributed by atoms with Gasteiger partial charge in [0.25, 0.3) is 0 Å². The first-order valence-electron chi connectivity index (χ1n) is 6.83. The Bertz CT molecular complexity index is 451. The van der Waals surface area contributed by atoms with Gasteiger partial charge in [0.2, 0.25) is 5.91 Å². The number of carbonyl (C=O) groups excluding carboxylic acids is 1. The lowest BCUT2D eigenvalue weighted by atomic mass is 10.1. The molecule has 2 rings (SSSR count). The predicted molar refractivity (Wildman–Crippen MR) is 82.3 cm³/mol. The Hall–Kier alpha value is -1.26. The summed E-state index contributed by atoms with van der Waals surface area (Å²) in [4.78, 5) is 14.0. The maximum Gasteiger partial charge on any atom is 0.227 e. The minimum atomic E-state index is 0. The summed E-state index contributed by atoms with van der Waals surface area (Å²) >= 11 is 0. The molecule has 2 N–H and O–H groups in total. The number of nitrogens with two attached hydrogens (primary N) is 1. The van der Waals surface area contributed by atoms with Gasteiger partial charge in [-0.3, -0.25) is 4.79 Å². The Morgan fingerprint density at radius 1 is 1.50 bits per heavy atom. The van der Waals surface area contributed by atoms with Crippen LogP contribution in [-0.4, -0.2) is 36.0 Å². The zero-order valence-electron chi connectivity index (χ0n) is 12.0. The zero-order valence-corrected chi connectivity index (χ0v) is 12.9. The number of amides is 1. The molecule has 0 spiro atoms. The Labute approximate surface area is 126 Å². The highest BCUT2D eigenvalue weighted by Gasteiger charge is 2.23. The van der Waals surface area contributed by atoms with Crippen molar-refractivity contribution >= 4 is 18.3 Å². The van der Waals surface area contributed by atoms with Crippen molar-refractivity contribution in [2.24, 2.45) is 5.73 Å². The smallest absolute Gasteiger partial charge is 0.227 e. The van der Waals surface area contributed by atoms with E-state index >= 15 is 0 Å². The van der Waals surface area contributed by atoms with Gasteiger partial charge in [-0.1, -0.05) is 12.1 Å². The van der Waals surface area contributed by atoms with Crippen LogP contribution in [-0.2, 0) is 11.2 Å². The molecule has 1 saturated heterocycles. The Morgan fingerprint density at radius 2 is 2.25 bits per heavy atom. The number of nitrogens with zero attached hydrogens (tertiary/aromatic N) is 1. The molecule has 1 aromatic carbocycles. The lowest BCUT2D eigenvalue weighted by Gasteiger charge is -2.16. The molecule has 0 unspecified atom stereocenters. The first-order valence-corrected chi connectivity index (χ1v) is 6.83. The van der Waals surface area contributed by atoms with Crippen LogP contribution in [0, 0.1) is 0 Å². The van der Waals surface area contributed by atoms with Gasteiger partial charge in [-0.15, -0.1) is 12.4 Å². The number of ether oxygens (including phenoxy) is 1. The summed E-state index contributed by atoms with van der Waals surface area (Å²) in [5.74, 6) is 0.966. The van der Waals surface area contributed by atoms with E-state index in [0.717, 1.165) is 24.3 Å².